The quantitative estimate of drug-likeness (QED) is 0.205. The zero-order valence-electron chi connectivity index (χ0n) is 26.8. The van der Waals surface area contributed by atoms with Gasteiger partial charge in [-0.2, -0.15) is 0 Å². The molecule has 0 saturated carbocycles. The summed E-state index contributed by atoms with van der Waals surface area (Å²) >= 11 is 0. The number of nitrogens with zero attached hydrogens (tertiary/aromatic N) is 1. The molecular formula is C43H39N. The van der Waals surface area contributed by atoms with Crippen molar-refractivity contribution in [3.8, 4) is 22.3 Å². The molecule has 6 aromatic rings. The van der Waals surface area contributed by atoms with Crippen LogP contribution in [0, 0.1) is 20.8 Å². The average Bonchev–Trinajstić information content (AvgIpc) is 3.38. The first-order valence-corrected chi connectivity index (χ1v) is 15.9. The molecular weight excluding hydrogens is 530 g/mol. The first-order chi connectivity index (χ1) is 21.1. The smallest absolute Gasteiger partial charge is 0.0468 e. The summed E-state index contributed by atoms with van der Waals surface area (Å²) in [6, 6.07) is 41.3. The second-order valence-corrected chi connectivity index (χ2v) is 14.1. The maximum Gasteiger partial charge on any atom is 0.0468 e. The van der Waals surface area contributed by atoms with Gasteiger partial charge < -0.3 is 4.90 Å². The van der Waals surface area contributed by atoms with Gasteiger partial charge in [-0.25, -0.2) is 0 Å². The summed E-state index contributed by atoms with van der Waals surface area (Å²) in [5.74, 6) is 0. The molecule has 0 aromatic heterocycles. The molecule has 0 heterocycles. The molecule has 216 valence electrons. The molecule has 0 N–H and O–H groups in total. The minimum Gasteiger partial charge on any atom is -0.310 e. The summed E-state index contributed by atoms with van der Waals surface area (Å²) in [5.41, 5.74) is 18.7. The third-order valence-electron chi connectivity index (χ3n) is 10.4. The van der Waals surface area contributed by atoms with Crippen LogP contribution in [0.3, 0.4) is 0 Å². The van der Waals surface area contributed by atoms with Crippen LogP contribution in [0.4, 0.5) is 17.1 Å². The van der Waals surface area contributed by atoms with E-state index in [2.05, 4.69) is 163 Å². The first kappa shape index (κ1) is 27.0. The van der Waals surface area contributed by atoms with Gasteiger partial charge in [0.2, 0.25) is 0 Å². The molecule has 0 aliphatic heterocycles. The Hall–Kier alpha value is -4.62. The fraction of sp³-hybridized carbons (Fsp3) is 0.209. The van der Waals surface area contributed by atoms with E-state index in [1.54, 1.807) is 0 Å². The number of fused-ring (bicyclic) bond motifs is 9. The van der Waals surface area contributed by atoms with E-state index in [1.165, 1.54) is 89.0 Å². The van der Waals surface area contributed by atoms with Crippen LogP contribution < -0.4 is 4.90 Å². The van der Waals surface area contributed by atoms with Crippen LogP contribution in [-0.4, -0.2) is 0 Å². The molecule has 0 saturated heterocycles. The third-order valence-corrected chi connectivity index (χ3v) is 10.4. The van der Waals surface area contributed by atoms with Crippen molar-refractivity contribution in [3.63, 3.8) is 0 Å². The van der Waals surface area contributed by atoms with Crippen LogP contribution in [-0.2, 0) is 10.8 Å². The lowest BCUT2D eigenvalue weighted by Gasteiger charge is -2.31. The van der Waals surface area contributed by atoms with Gasteiger partial charge in [0, 0.05) is 27.9 Å². The predicted molar refractivity (Wildman–Crippen MR) is 188 cm³/mol. The second kappa shape index (κ2) is 9.19. The average molecular weight is 570 g/mol. The van der Waals surface area contributed by atoms with E-state index >= 15 is 0 Å². The van der Waals surface area contributed by atoms with E-state index in [0.29, 0.717) is 0 Å². The number of anilines is 3. The fourth-order valence-electron chi connectivity index (χ4n) is 8.21. The van der Waals surface area contributed by atoms with Gasteiger partial charge in [0.25, 0.3) is 0 Å². The normalized spacial score (nSPS) is 15.1. The van der Waals surface area contributed by atoms with Crippen molar-refractivity contribution in [2.45, 2.75) is 59.3 Å². The van der Waals surface area contributed by atoms with E-state index in [-0.39, 0.29) is 10.8 Å². The van der Waals surface area contributed by atoms with Gasteiger partial charge >= 0.3 is 0 Å². The van der Waals surface area contributed by atoms with Crippen LogP contribution in [0.15, 0.2) is 109 Å². The predicted octanol–water partition coefficient (Wildman–Crippen LogP) is 11.8. The van der Waals surface area contributed by atoms with Crippen molar-refractivity contribution in [2.24, 2.45) is 0 Å². The van der Waals surface area contributed by atoms with Gasteiger partial charge in [-0.1, -0.05) is 117 Å². The summed E-state index contributed by atoms with van der Waals surface area (Å²) in [6.07, 6.45) is 0. The molecule has 44 heavy (non-hydrogen) atoms. The van der Waals surface area contributed by atoms with E-state index in [0.717, 1.165) is 0 Å². The van der Waals surface area contributed by atoms with Crippen LogP contribution in [0.25, 0.3) is 33.0 Å². The first-order valence-electron chi connectivity index (χ1n) is 15.9. The SMILES string of the molecule is Cc1ccc(N(c2ccc(C)cc2)c2ccc3c4c(ccc3c2)-c2ccc3c(c2C4(C)C)C(C)(C)c2cc(C)ccc2-3)cc1. The summed E-state index contributed by atoms with van der Waals surface area (Å²) in [7, 11) is 0. The van der Waals surface area contributed by atoms with E-state index in [4.69, 9.17) is 0 Å². The zero-order chi connectivity index (χ0) is 30.5. The molecule has 2 aliphatic rings. The largest absolute Gasteiger partial charge is 0.310 e. The molecule has 0 unspecified atom stereocenters. The number of hydrogen-bond acceptors (Lipinski definition) is 1. The van der Waals surface area contributed by atoms with Crippen molar-refractivity contribution in [2.75, 3.05) is 4.90 Å². The van der Waals surface area contributed by atoms with Gasteiger partial charge in [0.05, 0.1) is 0 Å². The number of aryl methyl sites for hydroxylation is 3. The highest BCUT2D eigenvalue weighted by molar-refractivity contribution is 6.01. The summed E-state index contributed by atoms with van der Waals surface area (Å²) < 4.78 is 0. The third kappa shape index (κ3) is 3.72. The Morgan fingerprint density at radius 3 is 1.52 bits per heavy atom. The Kier molecular flexibility index (Phi) is 5.63. The van der Waals surface area contributed by atoms with Gasteiger partial charge in [-0.05, 0) is 112 Å². The highest BCUT2D eigenvalue weighted by atomic mass is 15.1. The lowest BCUT2D eigenvalue weighted by molar-refractivity contribution is 0.603. The van der Waals surface area contributed by atoms with Crippen molar-refractivity contribution in [1.29, 1.82) is 0 Å². The van der Waals surface area contributed by atoms with Crippen LogP contribution in [0.5, 0.6) is 0 Å². The molecule has 0 fully saturated rings. The molecule has 0 atom stereocenters. The Balaban J connectivity index is 1.30. The van der Waals surface area contributed by atoms with Crippen LogP contribution in [0.1, 0.15) is 66.6 Å². The monoisotopic (exact) mass is 569 g/mol. The van der Waals surface area contributed by atoms with Gasteiger partial charge in [0.15, 0.2) is 0 Å². The summed E-state index contributed by atoms with van der Waals surface area (Å²) in [6.45, 7) is 16.2. The Bertz CT molecular complexity index is 2080. The maximum absolute atomic E-state index is 2.44. The lowest BCUT2D eigenvalue weighted by atomic mass is 9.72. The topological polar surface area (TPSA) is 3.24 Å². The summed E-state index contributed by atoms with van der Waals surface area (Å²) in [5, 5.41) is 2.62. The molecule has 0 radical (unpaired) electrons. The van der Waals surface area contributed by atoms with Crippen LogP contribution >= 0.6 is 0 Å². The van der Waals surface area contributed by atoms with Gasteiger partial charge in [-0.15, -0.1) is 0 Å². The van der Waals surface area contributed by atoms with Gasteiger partial charge in [0.1, 0.15) is 0 Å². The van der Waals surface area contributed by atoms with E-state index in [1.807, 2.05) is 0 Å². The van der Waals surface area contributed by atoms with E-state index in [9.17, 15) is 0 Å². The Morgan fingerprint density at radius 1 is 0.409 bits per heavy atom. The van der Waals surface area contributed by atoms with Crippen molar-refractivity contribution < 1.29 is 0 Å². The molecule has 6 aromatic carbocycles. The standard InChI is InChI=1S/C43H39N/c1-26-8-14-30(15-9-26)44(31-16-10-27(2)11-17-31)32-18-21-33-29(25-32)13-20-36-37-23-22-35-34-19-12-28(3)24-38(34)42(4,5)40(35)41(37)43(6,7)39(33)36/h8-25H,1-7H3. The molecule has 2 aliphatic carbocycles. The maximum atomic E-state index is 2.44. The Labute approximate surface area is 261 Å². The lowest BCUT2D eigenvalue weighted by Crippen LogP contribution is -2.24. The second-order valence-electron chi connectivity index (χ2n) is 14.1. The molecule has 0 amide bonds. The molecule has 1 nitrogen and oxygen atoms in total. The number of hydrogen-bond donors (Lipinski definition) is 0. The number of benzene rings is 6. The minimum absolute atomic E-state index is 0.0487. The highest BCUT2D eigenvalue weighted by Gasteiger charge is 2.46. The fourth-order valence-corrected chi connectivity index (χ4v) is 8.21. The highest BCUT2D eigenvalue weighted by Crippen LogP contribution is 2.60. The minimum atomic E-state index is -0.126. The number of rotatable bonds is 3. The molecule has 0 bridgehead atoms. The van der Waals surface area contributed by atoms with Gasteiger partial charge in [-0.3, -0.25) is 0 Å². The van der Waals surface area contributed by atoms with Crippen molar-refractivity contribution in [1.82, 2.24) is 0 Å². The van der Waals surface area contributed by atoms with Crippen LogP contribution in [0.2, 0.25) is 0 Å². The molecule has 8 rings (SSSR count). The molecule has 0 spiro atoms. The molecule has 1 heteroatoms. The Morgan fingerprint density at radius 2 is 0.886 bits per heavy atom. The van der Waals surface area contributed by atoms with Crippen molar-refractivity contribution in [3.05, 3.63) is 148 Å². The zero-order valence-corrected chi connectivity index (χ0v) is 26.8. The summed E-state index contributed by atoms with van der Waals surface area (Å²) in [4.78, 5) is 2.38. The van der Waals surface area contributed by atoms with E-state index < -0.39 is 0 Å². The van der Waals surface area contributed by atoms with Crippen molar-refractivity contribution >= 4 is 27.8 Å².